The lowest BCUT2D eigenvalue weighted by atomic mass is 9.97. The van der Waals surface area contributed by atoms with E-state index in [2.05, 4.69) is 67.0 Å². The fourth-order valence-corrected chi connectivity index (χ4v) is 2.50. The maximum Gasteiger partial charge on any atom is 0.196 e. The van der Waals surface area contributed by atoms with E-state index in [-0.39, 0.29) is 0 Å². The maximum absolute atomic E-state index is 4.56. The third kappa shape index (κ3) is 2.66. The van der Waals surface area contributed by atoms with Gasteiger partial charge in [0.1, 0.15) is 0 Å². The zero-order valence-corrected chi connectivity index (χ0v) is 11.8. The van der Waals surface area contributed by atoms with E-state index in [1.54, 1.807) is 0 Å². The molecule has 1 aromatic rings. The minimum Gasteiger partial charge on any atom is -0.344 e. The molecule has 0 amide bonds. The zero-order chi connectivity index (χ0) is 13.1. The topological polar surface area (TPSA) is 18.8 Å². The average molecular weight is 245 g/mol. The molecule has 0 radical (unpaired) electrons. The van der Waals surface area contributed by atoms with E-state index in [4.69, 9.17) is 0 Å². The number of aliphatic imine (C=N–C) groups is 1. The van der Waals surface area contributed by atoms with Crippen molar-refractivity contribution in [2.75, 3.05) is 27.2 Å². The molecule has 0 saturated heterocycles. The lowest BCUT2D eigenvalue weighted by Crippen LogP contribution is -2.37. The molecule has 2 rings (SSSR count). The molecular weight excluding hydrogens is 222 g/mol. The molecule has 0 atom stereocenters. The van der Waals surface area contributed by atoms with Crippen LogP contribution in [0.5, 0.6) is 0 Å². The van der Waals surface area contributed by atoms with Gasteiger partial charge in [-0.05, 0) is 17.0 Å². The molecule has 98 valence electrons. The lowest BCUT2D eigenvalue weighted by molar-refractivity contribution is 0.412. The predicted molar refractivity (Wildman–Crippen MR) is 76.9 cm³/mol. The largest absolute Gasteiger partial charge is 0.344 e. The minimum absolute atomic E-state index is 0.567. The molecule has 0 spiro atoms. The van der Waals surface area contributed by atoms with Crippen molar-refractivity contribution in [2.45, 2.75) is 26.3 Å². The molecule has 1 aliphatic heterocycles. The summed E-state index contributed by atoms with van der Waals surface area (Å²) in [6, 6.07) is 8.70. The number of likely N-dealkylation sites (N-methyl/N-ethyl adjacent to an activating group) is 1. The van der Waals surface area contributed by atoms with Crippen LogP contribution in [0, 0.1) is 0 Å². The van der Waals surface area contributed by atoms with Crippen LogP contribution in [-0.4, -0.2) is 42.9 Å². The van der Waals surface area contributed by atoms with Crippen molar-refractivity contribution in [1.82, 2.24) is 9.80 Å². The number of hydrogen-bond acceptors (Lipinski definition) is 3. The van der Waals surface area contributed by atoms with Crippen molar-refractivity contribution in [3.8, 4) is 0 Å². The van der Waals surface area contributed by atoms with Crippen molar-refractivity contribution in [3.05, 3.63) is 35.4 Å². The highest BCUT2D eigenvalue weighted by Gasteiger charge is 2.17. The molecule has 1 heterocycles. The first kappa shape index (κ1) is 12.9. The van der Waals surface area contributed by atoms with Gasteiger partial charge in [-0.25, -0.2) is 0 Å². The molecule has 18 heavy (non-hydrogen) atoms. The van der Waals surface area contributed by atoms with Gasteiger partial charge in [0.05, 0.1) is 6.54 Å². The number of benzene rings is 1. The van der Waals surface area contributed by atoms with E-state index in [1.165, 1.54) is 11.1 Å². The molecule has 0 N–H and O–H groups in total. The fraction of sp³-hybridized carbons (Fsp3) is 0.533. The van der Waals surface area contributed by atoms with Crippen LogP contribution in [0.25, 0.3) is 0 Å². The Balaban J connectivity index is 2.14. The smallest absolute Gasteiger partial charge is 0.196 e. The molecule has 0 saturated carbocycles. The second kappa shape index (κ2) is 5.42. The Morgan fingerprint density at radius 3 is 2.67 bits per heavy atom. The van der Waals surface area contributed by atoms with Crippen LogP contribution < -0.4 is 0 Å². The number of hydrogen-bond donors (Lipinski definition) is 0. The molecule has 1 aliphatic rings. The van der Waals surface area contributed by atoms with E-state index in [9.17, 15) is 0 Å². The standard InChI is InChI=1S/C15H23N3/c1-12(2)14-8-6-5-7-13(14)11-18(4)15-16-9-10-17(15)3/h5-8,12H,9-11H2,1-4H3. The summed E-state index contributed by atoms with van der Waals surface area (Å²) in [4.78, 5) is 9.02. The van der Waals surface area contributed by atoms with Gasteiger partial charge in [-0.3, -0.25) is 4.99 Å². The molecule has 1 aromatic carbocycles. The third-order valence-electron chi connectivity index (χ3n) is 3.46. The van der Waals surface area contributed by atoms with Crippen LogP contribution in [0.2, 0.25) is 0 Å². The first-order chi connectivity index (χ1) is 8.59. The summed E-state index contributed by atoms with van der Waals surface area (Å²) in [7, 11) is 4.23. The van der Waals surface area contributed by atoms with Crippen LogP contribution in [-0.2, 0) is 6.54 Å². The van der Waals surface area contributed by atoms with Gasteiger partial charge in [-0.1, -0.05) is 38.1 Å². The molecular formula is C15H23N3. The Morgan fingerprint density at radius 1 is 1.33 bits per heavy atom. The van der Waals surface area contributed by atoms with Gasteiger partial charge in [0.25, 0.3) is 0 Å². The Hall–Kier alpha value is -1.51. The molecule has 3 nitrogen and oxygen atoms in total. The van der Waals surface area contributed by atoms with Gasteiger partial charge in [0, 0.05) is 27.2 Å². The summed E-state index contributed by atoms with van der Waals surface area (Å²) < 4.78 is 0. The van der Waals surface area contributed by atoms with Crippen LogP contribution in [0.4, 0.5) is 0 Å². The lowest BCUT2D eigenvalue weighted by Gasteiger charge is -2.26. The first-order valence-corrected chi connectivity index (χ1v) is 6.64. The van der Waals surface area contributed by atoms with Crippen molar-refractivity contribution in [2.24, 2.45) is 4.99 Å². The normalized spacial score (nSPS) is 15.2. The first-order valence-electron chi connectivity index (χ1n) is 6.64. The SMILES string of the molecule is CC(C)c1ccccc1CN(C)C1=NCCN1C. The van der Waals surface area contributed by atoms with Crippen LogP contribution in [0.1, 0.15) is 30.9 Å². The highest BCUT2D eigenvalue weighted by molar-refractivity contribution is 5.81. The molecule has 3 heteroatoms. The summed E-state index contributed by atoms with van der Waals surface area (Å²) in [5.74, 6) is 1.67. The highest BCUT2D eigenvalue weighted by atomic mass is 15.4. The van der Waals surface area contributed by atoms with E-state index in [1.807, 2.05) is 0 Å². The van der Waals surface area contributed by atoms with Crippen molar-refractivity contribution in [3.63, 3.8) is 0 Å². The van der Waals surface area contributed by atoms with Crippen molar-refractivity contribution < 1.29 is 0 Å². The van der Waals surface area contributed by atoms with Gasteiger partial charge in [-0.2, -0.15) is 0 Å². The molecule has 0 aromatic heterocycles. The van der Waals surface area contributed by atoms with Gasteiger partial charge in [0.15, 0.2) is 5.96 Å². The minimum atomic E-state index is 0.567. The predicted octanol–water partition coefficient (Wildman–Crippen LogP) is 2.54. The van der Waals surface area contributed by atoms with Gasteiger partial charge < -0.3 is 9.80 Å². The van der Waals surface area contributed by atoms with Gasteiger partial charge in [-0.15, -0.1) is 0 Å². The van der Waals surface area contributed by atoms with E-state index >= 15 is 0 Å². The molecule has 0 unspecified atom stereocenters. The highest BCUT2D eigenvalue weighted by Crippen LogP contribution is 2.20. The Morgan fingerprint density at radius 2 is 2.06 bits per heavy atom. The quantitative estimate of drug-likeness (QED) is 0.815. The maximum atomic E-state index is 4.56. The molecule has 0 aliphatic carbocycles. The second-order valence-corrected chi connectivity index (χ2v) is 5.31. The van der Waals surface area contributed by atoms with E-state index in [0.717, 1.165) is 25.6 Å². The molecule has 0 fully saturated rings. The van der Waals surface area contributed by atoms with Crippen LogP contribution in [0.3, 0.4) is 0 Å². The Bertz CT molecular complexity index is 437. The van der Waals surface area contributed by atoms with Gasteiger partial charge >= 0.3 is 0 Å². The third-order valence-corrected chi connectivity index (χ3v) is 3.46. The molecule has 0 bridgehead atoms. The number of nitrogens with zero attached hydrogens (tertiary/aromatic N) is 3. The summed E-state index contributed by atoms with van der Waals surface area (Å²) in [5, 5.41) is 0. The van der Waals surface area contributed by atoms with Crippen LogP contribution >= 0.6 is 0 Å². The summed E-state index contributed by atoms with van der Waals surface area (Å²) in [6.07, 6.45) is 0. The average Bonchev–Trinajstić information content (AvgIpc) is 2.76. The van der Waals surface area contributed by atoms with Crippen LogP contribution in [0.15, 0.2) is 29.3 Å². The number of rotatable bonds is 3. The van der Waals surface area contributed by atoms with Gasteiger partial charge in [0.2, 0.25) is 0 Å². The number of guanidine groups is 1. The van der Waals surface area contributed by atoms with E-state index < -0.39 is 0 Å². The van der Waals surface area contributed by atoms with Crippen molar-refractivity contribution in [1.29, 1.82) is 0 Å². The summed E-state index contributed by atoms with van der Waals surface area (Å²) >= 11 is 0. The zero-order valence-electron chi connectivity index (χ0n) is 11.8. The van der Waals surface area contributed by atoms with E-state index in [0.29, 0.717) is 5.92 Å². The Kier molecular flexibility index (Phi) is 3.90. The summed E-state index contributed by atoms with van der Waals surface area (Å²) in [5.41, 5.74) is 2.84. The fourth-order valence-electron chi connectivity index (χ4n) is 2.50. The summed E-state index contributed by atoms with van der Waals surface area (Å²) in [6.45, 7) is 7.38. The Labute approximate surface area is 110 Å². The monoisotopic (exact) mass is 245 g/mol. The van der Waals surface area contributed by atoms with Crippen molar-refractivity contribution >= 4 is 5.96 Å². The second-order valence-electron chi connectivity index (χ2n) is 5.31.